The summed E-state index contributed by atoms with van der Waals surface area (Å²) in [4.78, 5) is 0. The highest BCUT2D eigenvalue weighted by atomic mass is 14.9. The first-order valence-corrected chi connectivity index (χ1v) is 8.86. The van der Waals surface area contributed by atoms with Crippen molar-refractivity contribution in [2.75, 3.05) is 0 Å². The number of benzene rings is 2. The Morgan fingerprint density at radius 2 is 1.72 bits per heavy atom. The normalized spacial score (nSPS) is 16.0. The highest BCUT2D eigenvalue weighted by Crippen LogP contribution is 2.50. The summed E-state index contributed by atoms with van der Waals surface area (Å²) in [6.45, 7) is 8.29. The fourth-order valence-corrected chi connectivity index (χ4v) is 4.12. The van der Waals surface area contributed by atoms with Gasteiger partial charge in [-0.2, -0.15) is 0 Å². The van der Waals surface area contributed by atoms with E-state index in [1.54, 1.807) is 6.92 Å². The average Bonchev–Trinajstić information content (AvgIpc) is 2.81. The van der Waals surface area contributed by atoms with Gasteiger partial charge in [0.1, 0.15) is 7.05 Å². The summed E-state index contributed by atoms with van der Waals surface area (Å²) < 4.78 is 18.3. The van der Waals surface area contributed by atoms with Gasteiger partial charge in [-0.1, -0.05) is 45.0 Å². The van der Waals surface area contributed by atoms with Crippen molar-refractivity contribution in [2.24, 2.45) is 7.05 Å². The first kappa shape index (κ1) is 13.8. The SMILES string of the molecule is [2H]C([2H])(C)c1ccc2c(c1)C(C)(C)c1cc(-c3cccc[n+]3C)c(C)cc1-2. The van der Waals surface area contributed by atoms with Gasteiger partial charge in [0.25, 0.3) is 0 Å². The van der Waals surface area contributed by atoms with Crippen LogP contribution in [-0.2, 0) is 18.8 Å². The van der Waals surface area contributed by atoms with Gasteiger partial charge in [0, 0.05) is 25.9 Å². The zero-order valence-electron chi connectivity index (χ0n) is 17.6. The van der Waals surface area contributed by atoms with Crippen molar-refractivity contribution in [1.29, 1.82) is 0 Å². The number of fused-ring (bicyclic) bond motifs is 3. The van der Waals surface area contributed by atoms with E-state index in [1.807, 2.05) is 12.1 Å². The van der Waals surface area contributed by atoms with E-state index in [-0.39, 0.29) is 5.41 Å². The molecule has 0 aliphatic heterocycles. The van der Waals surface area contributed by atoms with Crippen LogP contribution >= 0.6 is 0 Å². The molecular formula is C24H26N+. The summed E-state index contributed by atoms with van der Waals surface area (Å²) >= 11 is 0. The molecule has 0 unspecified atom stereocenters. The van der Waals surface area contributed by atoms with Crippen molar-refractivity contribution in [3.63, 3.8) is 0 Å². The number of aromatic nitrogens is 1. The number of aryl methyl sites for hydroxylation is 3. The number of hydrogen-bond acceptors (Lipinski definition) is 0. The summed E-state index contributed by atoms with van der Waals surface area (Å²) in [6, 6.07) is 17.0. The molecule has 0 saturated heterocycles. The standard InChI is InChI=1S/C24H26N/c1-6-17-10-11-18-20-13-16(2)19(23-9-7-8-12-25(23)5)15-22(20)24(3,4)21(18)14-17/h7-15H,6H2,1-5H3/q+1/i6D2. The van der Waals surface area contributed by atoms with E-state index in [1.165, 1.54) is 39.1 Å². The third kappa shape index (κ3) is 2.33. The lowest BCUT2D eigenvalue weighted by Gasteiger charge is -2.22. The van der Waals surface area contributed by atoms with Crippen molar-refractivity contribution < 1.29 is 7.31 Å². The molecule has 1 nitrogen and oxygen atoms in total. The van der Waals surface area contributed by atoms with Gasteiger partial charge in [-0.05, 0) is 58.8 Å². The second-order valence-electron chi connectivity index (χ2n) is 7.54. The molecule has 0 N–H and O–H groups in total. The van der Waals surface area contributed by atoms with Crippen LogP contribution in [0, 0.1) is 6.92 Å². The van der Waals surface area contributed by atoms with Gasteiger partial charge in [-0.25, -0.2) is 4.57 Å². The van der Waals surface area contributed by atoms with E-state index in [0.717, 1.165) is 5.56 Å². The molecule has 0 spiro atoms. The molecule has 126 valence electrons. The highest BCUT2D eigenvalue weighted by Gasteiger charge is 2.36. The van der Waals surface area contributed by atoms with Crippen LogP contribution < -0.4 is 4.57 Å². The van der Waals surface area contributed by atoms with Crippen molar-refractivity contribution >= 4 is 0 Å². The maximum absolute atomic E-state index is 8.09. The molecule has 1 heteroatoms. The van der Waals surface area contributed by atoms with Crippen LogP contribution in [-0.4, -0.2) is 0 Å². The second-order valence-corrected chi connectivity index (χ2v) is 7.54. The van der Waals surface area contributed by atoms with Gasteiger partial charge in [-0.15, -0.1) is 0 Å². The Morgan fingerprint density at radius 1 is 0.960 bits per heavy atom. The van der Waals surface area contributed by atoms with E-state index in [0.29, 0.717) is 0 Å². The minimum Gasteiger partial charge on any atom is -0.201 e. The first-order valence-electron chi connectivity index (χ1n) is 9.86. The van der Waals surface area contributed by atoms with Gasteiger partial charge < -0.3 is 0 Å². The quantitative estimate of drug-likeness (QED) is 0.557. The predicted octanol–water partition coefficient (Wildman–Crippen LogP) is 5.36. The largest absolute Gasteiger partial charge is 0.212 e. The van der Waals surface area contributed by atoms with E-state index in [9.17, 15) is 0 Å². The Balaban J connectivity index is 1.95. The molecule has 1 aliphatic rings. The predicted molar refractivity (Wildman–Crippen MR) is 105 cm³/mol. The van der Waals surface area contributed by atoms with Crippen molar-refractivity contribution in [2.45, 2.75) is 39.5 Å². The molecule has 0 radical (unpaired) electrons. The zero-order valence-corrected chi connectivity index (χ0v) is 15.6. The summed E-state index contributed by atoms with van der Waals surface area (Å²) in [5.74, 6) is 0. The lowest BCUT2D eigenvalue weighted by atomic mass is 9.81. The number of hydrogen-bond donors (Lipinski definition) is 0. The molecule has 2 aromatic carbocycles. The Bertz CT molecular complexity index is 1060. The number of nitrogens with zero attached hydrogens (tertiary/aromatic N) is 1. The first-order chi connectivity index (χ1) is 12.6. The van der Waals surface area contributed by atoms with Crippen molar-refractivity contribution in [3.8, 4) is 22.4 Å². The van der Waals surface area contributed by atoms with Gasteiger partial charge >= 0.3 is 0 Å². The average molecular weight is 330 g/mol. The van der Waals surface area contributed by atoms with Crippen LogP contribution in [0.3, 0.4) is 0 Å². The van der Waals surface area contributed by atoms with Crippen molar-refractivity contribution in [3.05, 3.63) is 77.0 Å². The molecule has 1 heterocycles. The Kier molecular flexibility index (Phi) is 3.07. The third-order valence-electron chi connectivity index (χ3n) is 5.64. The molecule has 0 fully saturated rings. The molecular weight excluding hydrogens is 302 g/mol. The Morgan fingerprint density at radius 3 is 2.44 bits per heavy atom. The molecule has 0 atom stereocenters. The van der Waals surface area contributed by atoms with Gasteiger partial charge in [0.05, 0.1) is 0 Å². The van der Waals surface area contributed by atoms with Crippen LogP contribution in [0.15, 0.2) is 54.7 Å². The van der Waals surface area contributed by atoms with E-state index in [4.69, 9.17) is 2.74 Å². The molecule has 4 rings (SSSR count). The molecule has 1 aliphatic carbocycles. The highest BCUT2D eigenvalue weighted by molar-refractivity contribution is 5.84. The summed E-state index contributed by atoms with van der Waals surface area (Å²) in [7, 11) is 2.08. The van der Waals surface area contributed by atoms with Crippen LogP contribution in [0.5, 0.6) is 0 Å². The van der Waals surface area contributed by atoms with E-state index < -0.39 is 6.37 Å². The third-order valence-corrected chi connectivity index (χ3v) is 5.64. The van der Waals surface area contributed by atoms with Crippen molar-refractivity contribution in [1.82, 2.24) is 0 Å². The topological polar surface area (TPSA) is 3.88 Å². The maximum atomic E-state index is 8.09. The maximum Gasteiger partial charge on any atom is 0.212 e. The van der Waals surface area contributed by atoms with Crippen LogP contribution in [0.4, 0.5) is 0 Å². The fourth-order valence-electron chi connectivity index (χ4n) is 4.12. The minimum absolute atomic E-state index is 0.151. The van der Waals surface area contributed by atoms with Crippen LogP contribution in [0.2, 0.25) is 0 Å². The zero-order chi connectivity index (χ0) is 19.6. The smallest absolute Gasteiger partial charge is 0.201 e. The number of pyridine rings is 1. The second kappa shape index (κ2) is 5.56. The van der Waals surface area contributed by atoms with Crippen LogP contribution in [0.1, 0.15) is 45.8 Å². The van der Waals surface area contributed by atoms with E-state index in [2.05, 4.69) is 75.0 Å². The monoisotopic (exact) mass is 330 g/mol. The minimum atomic E-state index is -1.33. The number of rotatable bonds is 2. The lowest BCUT2D eigenvalue weighted by molar-refractivity contribution is -0.660. The van der Waals surface area contributed by atoms with Gasteiger partial charge in [-0.3, -0.25) is 0 Å². The van der Waals surface area contributed by atoms with Gasteiger partial charge in [0.2, 0.25) is 5.69 Å². The fraction of sp³-hybridized carbons (Fsp3) is 0.292. The van der Waals surface area contributed by atoms with Gasteiger partial charge in [0.15, 0.2) is 6.20 Å². The molecule has 0 amide bonds. The summed E-state index contributed by atoms with van der Waals surface area (Å²) in [5.41, 5.74) is 9.35. The van der Waals surface area contributed by atoms with Crippen LogP contribution in [0.25, 0.3) is 22.4 Å². The molecule has 0 saturated carbocycles. The molecule has 0 bridgehead atoms. The van der Waals surface area contributed by atoms with E-state index >= 15 is 0 Å². The Labute approximate surface area is 153 Å². The molecule has 3 aromatic rings. The Hall–Kier alpha value is -2.41. The summed E-state index contributed by atoms with van der Waals surface area (Å²) in [6.07, 6.45) is 0.746. The lowest BCUT2D eigenvalue weighted by Crippen LogP contribution is -2.30. The molecule has 25 heavy (non-hydrogen) atoms. The molecule has 1 aromatic heterocycles. The summed E-state index contributed by atoms with van der Waals surface area (Å²) in [5, 5.41) is 0.